The zero-order valence-corrected chi connectivity index (χ0v) is 7.65. The molecule has 1 heteroatoms. The molecular weight excluding hydrogens is 134 g/mol. The Morgan fingerprint density at radius 2 is 2.09 bits per heavy atom. The fourth-order valence-electron chi connectivity index (χ4n) is 1.82. The second-order valence-electron chi connectivity index (χ2n) is 2.94. The third-order valence-electron chi connectivity index (χ3n) is 2.46. The standard InChI is InChI=1S/C10H17N/c1-4-8-6-7-10(11-3)9(8)5-2/h4-5,10-11H,6-7H2,1-3H3/b8-4-,9-5+. The van der Waals surface area contributed by atoms with E-state index in [-0.39, 0.29) is 0 Å². The second kappa shape index (κ2) is 3.72. The highest BCUT2D eigenvalue weighted by Crippen LogP contribution is 2.30. The lowest BCUT2D eigenvalue weighted by Crippen LogP contribution is -2.22. The van der Waals surface area contributed by atoms with E-state index >= 15 is 0 Å². The average Bonchev–Trinajstić information content (AvgIpc) is 2.45. The maximum atomic E-state index is 3.32. The number of nitrogens with one attached hydrogen (secondary N) is 1. The zero-order valence-electron chi connectivity index (χ0n) is 7.65. The molecule has 1 nitrogen and oxygen atoms in total. The molecule has 1 saturated carbocycles. The molecule has 0 aromatic rings. The molecule has 1 aliphatic rings. The van der Waals surface area contributed by atoms with E-state index in [1.54, 1.807) is 0 Å². The van der Waals surface area contributed by atoms with Crippen molar-refractivity contribution in [1.82, 2.24) is 5.32 Å². The summed E-state index contributed by atoms with van der Waals surface area (Å²) < 4.78 is 0. The van der Waals surface area contributed by atoms with Crippen LogP contribution in [0, 0.1) is 0 Å². The summed E-state index contributed by atoms with van der Waals surface area (Å²) in [5, 5.41) is 3.32. The highest BCUT2D eigenvalue weighted by molar-refractivity contribution is 5.39. The highest BCUT2D eigenvalue weighted by Gasteiger charge is 2.21. The van der Waals surface area contributed by atoms with Crippen molar-refractivity contribution in [2.75, 3.05) is 7.05 Å². The maximum absolute atomic E-state index is 3.32. The van der Waals surface area contributed by atoms with Crippen molar-refractivity contribution >= 4 is 0 Å². The molecule has 1 aliphatic carbocycles. The Morgan fingerprint density at radius 1 is 1.36 bits per heavy atom. The van der Waals surface area contributed by atoms with Gasteiger partial charge in [0.2, 0.25) is 0 Å². The van der Waals surface area contributed by atoms with Crippen LogP contribution in [-0.4, -0.2) is 13.1 Å². The molecule has 0 heterocycles. The van der Waals surface area contributed by atoms with E-state index in [9.17, 15) is 0 Å². The van der Waals surface area contributed by atoms with Crippen LogP contribution in [0.4, 0.5) is 0 Å². The van der Waals surface area contributed by atoms with Gasteiger partial charge in [-0.25, -0.2) is 0 Å². The third kappa shape index (κ3) is 1.54. The number of hydrogen-bond donors (Lipinski definition) is 1. The Bertz CT molecular complexity index is 189. The Balaban J connectivity index is 2.80. The predicted octanol–water partition coefficient (Wildman–Crippen LogP) is 2.26. The fraction of sp³-hybridized carbons (Fsp3) is 0.600. The van der Waals surface area contributed by atoms with Crippen molar-refractivity contribution < 1.29 is 0 Å². The smallest absolute Gasteiger partial charge is 0.0320 e. The minimum Gasteiger partial charge on any atom is -0.313 e. The Kier molecular flexibility index (Phi) is 2.89. The van der Waals surface area contributed by atoms with Crippen molar-refractivity contribution in [3.8, 4) is 0 Å². The van der Waals surface area contributed by atoms with Crippen LogP contribution in [0.3, 0.4) is 0 Å². The van der Waals surface area contributed by atoms with Gasteiger partial charge in [-0.2, -0.15) is 0 Å². The summed E-state index contributed by atoms with van der Waals surface area (Å²) in [6.07, 6.45) is 6.95. The van der Waals surface area contributed by atoms with Gasteiger partial charge in [-0.1, -0.05) is 12.2 Å². The van der Waals surface area contributed by atoms with Gasteiger partial charge in [-0.05, 0) is 44.9 Å². The van der Waals surface area contributed by atoms with E-state index in [4.69, 9.17) is 0 Å². The molecule has 1 fully saturated rings. The lowest BCUT2D eigenvalue weighted by atomic mass is 10.1. The second-order valence-corrected chi connectivity index (χ2v) is 2.94. The van der Waals surface area contributed by atoms with E-state index in [0.717, 1.165) is 0 Å². The van der Waals surface area contributed by atoms with E-state index in [2.05, 4.69) is 31.3 Å². The van der Waals surface area contributed by atoms with Crippen LogP contribution < -0.4 is 5.32 Å². The van der Waals surface area contributed by atoms with Gasteiger partial charge in [0.05, 0.1) is 0 Å². The molecule has 1 atom stereocenters. The first-order valence-corrected chi connectivity index (χ1v) is 4.32. The van der Waals surface area contributed by atoms with Crippen molar-refractivity contribution in [1.29, 1.82) is 0 Å². The van der Waals surface area contributed by atoms with Gasteiger partial charge in [0.15, 0.2) is 0 Å². The first-order chi connectivity index (χ1) is 5.33. The first-order valence-electron chi connectivity index (χ1n) is 4.32. The molecule has 0 aromatic heterocycles. The maximum Gasteiger partial charge on any atom is 0.0320 e. The van der Waals surface area contributed by atoms with Gasteiger partial charge in [-0.15, -0.1) is 0 Å². The van der Waals surface area contributed by atoms with Crippen LogP contribution in [0.2, 0.25) is 0 Å². The van der Waals surface area contributed by atoms with Crippen LogP contribution in [-0.2, 0) is 0 Å². The molecule has 0 aliphatic heterocycles. The van der Waals surface area contributed by atoms with Crippen LogP contribution in [0.25, 0.3) is 0 Å². The van der Waals surface area contributed by atoms with Crippen molar-refractivity contribution in [2.24, 2.45) is 0 Å². The van der Waals surface area contributed by atoms with Crippen molar-refractivity contribution in [3.63, 3.8) is 0 Å². The number of rotatable bonds is 1. The van der Waals surface area contributed by atoms with Gasteiger partial charge >= 0.3 is 0 Å². The number of likely N-dealkylation sites (N-methyl/N-ethyl adjacent to an activating group) is 1. The van der Waals surface area contributed by atoms with Crippen LogP contribution in [0.1, 0.15) is 26.7 Å². The monoisotopic (exact) mass is 151 g/mol. The molecule has 0 aromatic carbocycles. The molecule has 0 bridgehead atoms. The molecule has 1 N–H and O–H groups in total. The van der Waals surface area contributed by atoms with Crippen molar-refractivity contribution in [2.45, 2.75) is 32.7 Å². The normalized spacial score (nSPS) is 32.1. The highest BCUT2D eigenvalue weighted by atomic mass is 14.9. The van der Waals surface area contributed by atoms with Crippen LogP contribution in [0.5, 0.6) is 0 Å². The van der Waals surface area contributed by atoms with E-state index in [1.165, 1.54) is 24.0 Å². The molecular formula is C10H17N. The van der Waals surface area contributed by atoms with E-state index in [0.29, 0.717) is 6.04 Å². The number of allylic oxidation sites excluding steroid dienone is 2. The quantitative estimate of drug-likeness (QED) is 0.606. The molecule has 1 rings (SSSR count). The molecule has 11 heavy (non-hydrogen) atoms. The molecule has 0 radical (unpaired) electrons. The number of hydrogen-bond acceptors (Lipinski definition) is 1. The molecule has 0 amide bonds. The fourth-order valence-corrected chi connectivity index (χ4v) is 1.82. The van der Waals surface area contributed by atoms with E-state index < -0.39 is 0 Å². The van der Waals surface area contributed by atoms with E-state index in [1.807, 2.05) is 7.05 Å². The molecule has 62 valence electrons. The summed E-state index contributed by atoms with van der Waals surface area (Å²) in [7, 11) is 2.03. The Morgan fingerprint density at radius 3 is 2.55 bits per heavy atom. The first kappa shape index (κ1) is 8.54. The van der Waals surface area contributed by atoms with Gasteiger partial charge in [-0.3, -0.25) is 0 Å². The zero-order chi connectivity index (χ0) is 8.27. The van der Waals surface area contributed by atoms with Gasteiger partial charge in [0, 0.05) is 6.04 Å². The summed E-state index contributed by atoms with van der Waals surface area (Å²) in [5.74, 6) is 0. The molecule has 0 spiro atoms. The predicted molar refractivity (Wildman–Crippen MR) is 49.6 cm³/mol. The van der Waals surface area contributed by atoms with Crippen LogP contribution in [0.15, 0.2) is 23.3 Å². The molecule has 0 saturated heterocycles. The SMILES string of the molecule is C/C=C1/CCC(NC)/C1=C/C. The van der Waals surface area contributed by atoms with Gasteiger partial charge < -0.3 is 5.32 Å². The minimum absolute atomic E-state index is 0.603. The lowest BCUT2D eigenvalue weighted by molar-refractivity contribution is 0.646. The Hall–Kier alpha value is -0.560. The topological polar surface area (TPSA) is 12.0 Å². The average molecular weight is 151 g/mol. The lowest BCUT2D eigenvalue weighted by Gasteiger charge is -2.09. The largest absolute Gasteiger partial charge is 0.313 e. The van der Waals surface area contributed by atoms with Crippen LogP contribution >= 0.6 is 0 Å². The summed E-state index contributed by atoms with van der Waals surface area (Å²) in [5.41, 5.74) is 3.02. The molecule has 1 unspecified atom stereocenters. The van der Waals surface area contributed by atoms with Gasteiger partial charge in [0.25, 0.3) is 0 Å². The minimum atomic E-state index is 0.603. The van der Waals surface area contributed by atoms with Crippen molar-refractivity contribution in [3.05, 3.63) is 23.3 Å². The summed E-state index contributed by atoms with van der Waals surface area (Å²) >= 11 is 0. The summed E-state index contributed by atoms with van der Waals surface area (Å²) in [4.78, 5) is 0. The van der Waals surface area contributed by atoms with Gasteiger partial charge in [0.1, 0.15) is 0 Å². The Labute approximate surface area is 69.2 Å². The summed E-state index contributed by atoms with van der Waals surface area (Å²) in [6, 6.07) is 0.603. The third-order valence-corrected chi connectivity index (χ3v) is 2.46. The summed E-state index contributed by atoms with van der Waals surface area (Å²) in [6.45, 7) is 4.24.